The molecule has 1 aromatic heterocycles. The lowest BCUT2D eigenvalue weighted by Gasteiger charge is -2.31. The highest BCUT2D eigenvalue weighted by molar-refractivity contribution is 7.99. The lowest BCUT2D eigenvalue weighted by Crippen LogP contribution is -2.39. The van der Waals surface area contributed by atoms with Crippen LogP contribution in [-0.4, -0.2) is 44.6 Å². The number of anilines is 1. The van der Waals surface area contributed by atoms with Crippen LogP contribution in [0, 0.1) is 0 Å². The Bertz CT molecular complexity index is 436. The molecule has 1 aliphatic carbocycles. The Balaban J connectivity index is 1.83. The van der Waals surface area contributed by atoms with Crippen LogP contribution in [0.1, 0.15) is 32.1 Å². The van der Waals surface area contributed by atoms with Crippen molar-refractivity contribution in [2.45, 2.75) is 43.3 Å². The number of carbonyl (C=O) groups is 1. The minimum Gasteiger partial charge on any atom is -0.368 e. The molecule has 7 heteroatoms. The molecule has 1 aromatic rings. The molecule has 0 saturated heterocycles. The maximum absolute atomic E-state index is 12.1. The van der Waals surface area contributed by atoms with Crippen LogP contribution in [0.15, 0.2) is 11.5 Å². The summed E-state index contributed by atoms with van der Waals surface area (Å²) in [6.07, 6.45) is 7.33. The first kappa shape index (κ1) is 14.0. The Morgan fingerprint density at radius 1 is 1.42 bits per heavy atom. The number of amides is 1. The number of hydrogen-bond acceptors (Lipinski definition) is 6. The molecule has 6 nitrogen and oxygen atoms in total. The summed E-state index contributed by atoms with van der Waals surface area (Å²) in [5.41, 5.74) is 5.47. The van der Waals surface area contributed by atoms with E-state index in [1.54, 1.807) is 0 Å². The van der Waals surface area contributed by atoms with Crippen LogP contribution in [-0.2, 0) is 4.79 Å². The molecule has 1 fully saturated rings. The van der Waals surface area contributed by atoms with Gasteiger partial charge in [0.2, 0.25) is 11.9 Å². The highest BCUT2D eigenvalue weighted by Crippen LogP contribution is 2.22. The molecule has 2 N–H and O–H groups in total. The largest absolute Gasteiger partial charge is 0.368 e. The second-order valence-corrected chi connectivity index (χ2v) is 5.65. The van der Waals surface area contributed by atoms with Crippen molar-refractivity contribution >= 4 is 23.6 Å². The van der Waals surface area contributed by atoms with E-state index in [-0.39, 0.29) is 11.9 Å². The molecule has 0 aliphatic heterocycles. The van der Waals surface area contributed by atoms with Gasteiger partial charge >= 0.3 is 0 Å². The fourth-order valence-corrected chi connectivity index (χ4v) is 3.00. The molecule has 0 bridgehead atoms. The first-order valence-corrected chi connectivity index (χ1v) is 7.48. The van der Waals surface area contributed by atoms with E-state index in [1.807, 2.05) is 11.9 Å². The SMILES string of the molecule is CN(C(=O)CSc1ncnc(N)n1)C1CCCCC1. The Hall–Kier alpha value is -1.37. The second-order valence-electron chi connectivity index (χ2n) is 4.71. The fraction of sp³-hybridized carbons (Fsp3) is 0.667. The lowest BCUT2D eigenvalue weighted by atomic mass is 9.94. The molecule has 0 radical (unpaired) electrons. The van der Waals surface area contributed by atoms with E-state index in [4.69, 9.17) is 5.73 Å². The molecule has 2 rings (SSSR count). The summed E-state index contributed by atoms with van der Waals surface area (Å²) in [6.45, 7) is 0. The zero-order chi connectivity index (χ0) is 13.7. The van der Waals surface area contributed by atoms with E-state index in [0.717, 1.165) is 12.8 Å². The number of rotatable bonds is 4. The summed E-state index contributed by atoms with van der Waals surface area (Å²) in [6, 6.07) is 0.394. The van der Waals surface area contributed by atoms with Crippen molar-refractivity contribution in [1.29, 1.82) is 0 Å². The van der Waals surface area contributed by atoms with E-state index in [1.165, 1.54) is 37.4 Å². The smallest absolute Gasteiger partial charge is 0.233 e. The average Bonchev–Trinajstić information content (AvgIpc) is 2.45. The standard InChI is InChI=1S/C12H19N5OS/c1-17(9-5-3-2-4-6-9)10(18)7-19-12-15-8-14-11(13)16-12/h8-9H,2-7H2,1H3,(H2,13,14,15,16). The minimum atomic E-state index is 0.121. The van der Waals surface area contributed by atoms with Gasteiger partial charge < -0.3 is 10.6 Å². The topological polar surface area (TPSA) is 85.0 Å². The zero-order valence-corrected chi connectivity index (χ0v) is 11.9. The lowest BCUT2D eigenvalue weighted by molar-refractivity contribution is -0.129. The van der Waals surface area contributed by atoms with E-state index in [0.29, 0.717) is 17.0 Å². The third-order valence-electron chi connectivity index (χ3n) is 3.41. The molecule has 0 aromatic carbocycles. The number of hydrogen-bond donors (Lipinski definition) is 1. The fourth-order valence-electron chi connectivity index (χ4n) is 2.26. The van der Waals surface area contributed by atoms with Crippen LogP contribution < -0.4 is 5.73 Å². The van der Waals surface area contributed by atoms with Crippen LogP contribution in [0.4, 0.5) is 5.95 Å². The van der Waals surface area contributed by atoms with Crippen LogP contribution >= 0.6 is 11.8 Å². The number of nitrogens with zero attached hydrogens (tertiary/aromatic N) is 4. The van der Waals surface area contributed by atoms with Crippen molar-refractivity contribution in [1.82, 2.24) is 19.9 Å². The third-order valence-corrected chi connectivity index (χ3v) is 4.26. The maximum Gasteiger partial charge on any atom is 0.233 e. The summed E-state index contributed by atoms with van der Waals surface area (Å²) in [7, 11) is 1.89. The van der Waals surface area contributed by atoms with Crippen LogP contribution in [0.5, 0.6) is 0 Å². The monoisotopic (exact) mass is 281 g/mol. The maximum atomic E-state index is 12.1. The number of nitrogens with two attached hydrogens (primary N) is 1. The van der Waals surface area contributed by atoms with Gasteiger partial charge in [-0.15, -0.1) is 0 Å². The van der Waals surface area contributed by atoms with Crippen LogP contribution in [0.2, 0.25) is 0 Å². The summed E-state index contributed by atoms with van der Waals surface area (Å²) in [5.74, 6) is 0.651. The van der Waals surface area contributed by atoms with Crippen LogP contribution in [0.3, 0.4) is 0 Å². The highest BCUT2D eigenvalue weighted by atomic mass is 32.2. The molecule has 1 aliphatic rings. The third kappa shape index (κ3) is 4.05. The van der Waals surface area contributed by atoms with Gasteiger partial charge in [-0.05, 0) is 12.8 Å². The van der Waals surface area contributed by atoms with Gasteiger partial charge in [-0.1, -0.05) is 31.0 Å². The van der Waals surface area contributed by atoms with Gasteiger partial charge in [0.15, 0.2) is 5.16 Å². The van der Waals surface area contributed by atoms with Crippen LogP contribution in [0.25, 0.3) is 0 Å². The van der Waals surface area contributed by atoms with Gasteiger partial charge in [0.1, 0.15) is 6.33 Å². The van der Waals surface area contributed by atoms with Gasteiger partial charge in [-0.25, -0.2) is 9.97 Å². The van der Waals surface area contributed by atoms with Gasteiger partial charge in [-0.2, -0.15) is 4.98 Å². The second kappa shape index (κ2) is 6.70. The summed E-state index contributed by atoms with van der Waals surface area (Å²) in [4.78, 5) is 25.6. The normalized spacial score (nSPS) is 16.3. The van der Waals surface area contributed by atoms with Gasteiger partial charge in [0.05, 0.1) is 5.75 Å². The summed E-state index contributed by atoms with van der Waals surface area (Å²) >= 11 is 1.30. The molecule has 19 heavy (non-hydrogen) atoms. The molecular weight excluding hydrogens is 262 g/mol. The molecule has 1 saturated carbocycles. The number of thioether (sulfide) groups is 1. The highest BCUT2D eigenvalue weighted by Gasteiger charge is 2.22. The van der Waals surface area contributed by atoms with Gasteiger partial charge in [-0.3, -0.25) is 4.79 Å². The number of carbonyl (C=O) groups excluding carboxylic acids is 1. The first-order valence-electron chi connectivity index (χ1n) is 6.50. The van der Waals surface area contributed by atoms with Gasteiger partial charge in [0.25, 0.3) is 0 Å². The van der Waals surface area contributed by atoms with Crippen molar-refractivity contribution in [3.8, 4) is 0 Å². The predicted molar refractivity (Wildman–Crippen MR) is 74.6 cm³/mol. The minimum absolute atomic E-state index is 0.121. The van der Waals surface area contributed by atoms with Crippen molar-refractivity contribution in [2.24, 2.45) is 0 Å². The quantitative estimate of drug-likeness (QED) is 0.838. The van der Waals surface area contributed by atoms with E-state index < -0.39 is 0 Å². The van der Waals surface area contributed by atoms with E-state index >= 15 is 0 Å². The zero-order valence-electron chi connectivity index (χ0n) is 11.1. The molecule has 104 valence electrons. The van der Waals surface area contributed by atoms with Crippen molar-refractivity contribution in [3.63, 3.8) is 0 Å². The summed E-state index contributed by atoms with van der Waals surface area (Å²) < 4.78 is 0. The Labute approximate surface area is 117 Å². The molecule has 1 heterocycles. The Kier molecular flexibility index (Phi) is 4.95. The van der Waals surface area contributed by atoms with Gasteiger partial charge in [0, 0.05) is 13.1 Å². The molecular formula is C12H19N5OS. The summed E-state index contributed by atoms with van der Waals surface area (Å²) in [5, 5.41) is 0.498. The molecule has 1 amide bonds. The predicted octanol–water partition coefficient (Wildman–Crippen LogP) is 1.34. The number of aromatic nitrogens is 3. The van der Waals surface area contributed by atoms with E-state index in [2.05, 4.69) is 15.0 Å². The van der Waals surface area contributed by atoms with Crippen molar-refractivity contribution < 1.29 is 4.79 Å². The molecule has 0 spiro atoms. The van der Waals surface area contributed by atoms with Crippen molar-refractivity contribution in [2.75, 3.05) is 18.5 Å². The average molecular weight is 281 g/mol. The molecule has 0 unspecified atom stereocenters. The Morgan fingerprint density at radius 2 is 2.16 bits per heavy atom. The van der Waals surface area contributed by atoms with Crippen molar-refractivity contribution in [3.05, 3.63) is 6.33 Å². The van der Waals surface area contributed by atoms with E-state index in [9.17, 15) is 4.79 Å². The molecule has 0 atom stereocenters. The first-order chi connectivity index (χ1) is 9.16. The Morgan fingerprint density at radius 3 is 2.84 bits per heavy atom. The number of nitrogen functional groups attached to an aromatic ring is 1.